The van der Waals surface area contributed by atoms with E-state index in [0.29, 0.717) is 16.8 Å². The van der Waals surface area contributed by atoms with Crippen molar-refractivity contribution in [3.05, 3.63) is 63.2 Å². The van der Waals surface area contributed by atoms with Crippen molar-refractivity contribution in [2.75, 3.05) is 5.32 Å². The average Bonchev–Trinajstić information content (AvgIpc) is 2.47. The fourth-order valence-electron chi connectivity index (χ4n) is 1.78. The van der Waals surface area contributed by atoms with Gasteiger partial charge in [0.05, 0.1) is 16.8 Å². The summed E-state index contributed by atoms with van der Waals surface area (Å²) in [5.41, 5.74) is 6.56. The zero-order chi connectivity index (χ0) is 16.1. The molecule has 0 aliphatic heterocycles. The molecule has 4 N–H and O–H groups in total. The monoisotopic (exact) mass is 425 g/mol. The van der Waals surface area contributed by atoms with Crippen LogP contribution in [-0.4, -0.2) is 16.9 Å². The fraction of sp³-hybridized carbons (Fsp3) is 0. The van der Waals surface area contributed by atoms with E-state index in [1.807, 2.05) is 12.1 Å². The van der Waals surface area contributed by atoms with Crippen molar-refractivity contribution in [2.24, 2.45) is 5.73 Å². The summed E-state index contributed by atoms with van der Waals surface area (Å²) < 4.78 is 0.818. The van der Waals surface area contributed by atoms with Crippen LogP contribution in [0.15, 0.2) is 48.5 Å². The summed E-state index contributed by atoms with van der Waals surface area (Å²) >= 11 is 7.18. The summed E-state index contributed by atoms with van der Waals surface area (Å²) in [5, 5.41) is 5.48. The Labute approximate surface area is 146 Å². The maximum absolute atomic E-state index is 12.1. The van der Waals surface area contributed by atoms with Crippen LogP contribution < -0.4 is 16.4 Å². The van der Waals surface area contributed by atoms with Gasteiger partial charge in [-0.25, -0.2) is 0 Å². The number of primary amides is 1. The first-order valence-electron chi connectivity index (χ1n) is 6.24. The summed E-state index contributed by atoms with van der Waals surface area (Å²) in [4.78, 5) is 23.5. The van der Waals surface area contributed by atoms with Crippen LogP contribution in [0.3, 0.4) is 0 Å². The van der Waals surface area contributed by atoms with Gasteiger partial charge in [-0.2, -0.15) is 0 Å². The summed E-state index contributed by atoms with van der Waals surface area (Å²) in [6.45, 7) is 0. The quantitative estimate of drug-likeness (QED) is 0.522. The van der Waals surface area contributed by atoms with E-state index >= 15 is 0 Å². The smallest absolute Gasteiger partial charge is 0.258 e. The Morgan fingerprint density at radius 1 is 1.00 bits per heavy atom. The molecule has 5 nitrogen and oxygen atoms in total. The van der Waals surface area contributed by atoms with Gasteiger partial charge in [0, 0.05) is 3.57 Å². The largest absolute Gasteiger partial charge is 0.366 e. The number of carbonyl (C=O) groups is 2. The van der Waals surface area contributed by atoms with Gasteiger partial charge in [-0.3, -0.25) is 14.9 Å². The second kappa shape index (κ2) is 7.32. The lowest BCUT2D eigenvalue weighted by Crippen LogP contribution is -2.35. The van der Waals surface area contributed by atoms with Gasteiger partial charge < -0.3 is 11.1 Å². The van der Waals surface area contributed by atoms with Gasteiger partial charge in [0.2, 0.25) is 0 Å². The second-order valence-corrected chi connectivity index (χ2v) is 5.87. The van der Waals surface area contributed by atoms with Crippen LogP contribution in [0.25, 0.3) is 0 Å². The molecule has 0 saturated carbocycles. The molecule has 0 aromatic heterocycles. The van der Waals surface area contributed by atoms with Gasteiger partial charge >= 0.3 is 0 Å². The highest BCUT2D eigenvalue weighted by Crippen LogP contribution is 2.14. The first kappa shape index (κ1) is 16.4. The molecule has 2 rings (SSSR count). The third-order valence-corrected chi connectivity index (χ3v) is 3.93. The molecular weight excluding hydrogens is 413 g/mol. The van der Waals surface area contributed by atoms with Crippen LogP contribution in [0, 0.1) is 3.57 Å². The van der Waals surface area contributed by atoms with Crippen LogP contribution in [0.2, 0.25) is 0 Å². The van der Waals surface area contributed by atoms with Crippen LogP contribution >= 0.6 is 34.8 Å². The molecular formula is C15H12IN3O2S. The Morgan fingerprint density at radius 3 is 2.23 bits per heavy atom. The third-order valence-electron chi connectivity index (χ3n) is 2.79. The number of halogens is 1. The van der Waals surface area contributed by atoms with E-state index in [1.54, 1.807) is 36.4 Å². The van der Waals surface area contributed by atoms with Crippen LogP contribution in [0.4, 0.5) is 5.69 Å². The zero-order valence-corrected chi connectivity index (χ0v) is 14.3. The molecule has 0 saturated heterocycles. The lowest BCUT2D eigenvalue weighted by atomic mass is 10.1. The number of amides is 2. The highest BCUT2D eigenvalue weighted by atomic mass is 127. The molecule has 7 heteroatoms. The van der Waals surface area contributed by atoms with E-state index in [9.17, 15) is 9.59 Å². The molecule has 0 bridgehead atoms. The maximum Gasteiger partial charge on any atom is 0.258 e. The number of nitrogens with one attached hydrogen (secondary N) is 2. The van der Waals surface area contributed by atoms with E-state index in [0.717, 1.165) is 3.57 Å². The molecule has 0 unspecified atom stereocenters. The maximum atomic E-state index is 12.1. The molecule has 22 heavy (non-hydrogen) atoms. The number of nitrogens with two attached hydrogens (primary N) is 1. The summed E-state index contributed by atoms with van der Waals surface area (Å²) in [7, 11) is 0. The van der Waals surface area contributed by atoms with Gasteiger partial charge in [-0.05, 0) is 59.1 Å². The normalized spacial score (nSPS) is 9.86. The van der Waals surface area contributed by atoms with Gasteiger partial charge in [-0.1, -0.05) is 24.3 Å². The van der Waals surface area contributed by atoms with E-state index in [4.69, 9.17) is 18.0 Å². The second-order valence-electron chi connectivity index (χ2n) is 4.30. The zero-order valence-electron chi connectivity index (χ0n) is 11.3. The molecule has 2 aromatic carbocycles. The molecule has 2 amide bonds. The molecule has 0 aliphatic rings. The summed E-state index contributed by atoms with van der Waals surface area (Å²) in [6.07, 6.45) is 0. The summed E-state index contributed by atoms with van der Waals surface area (Å²) in [5.74, 6) is -0.895. The van der Waals surface area contributed by atoms with Crippen molar-refractivity contribution in [3.63, 3.8) is 0 Å². The number of hydrogen-bond donors (Lipinski definition) is 3. The number of benzene rings is 2. The molecule has 0 atom stereocenters. The van der Waals surface area contributed by atoms with Gasteiger partial charge in [-0.15, -0.1) is 0 Å². The van der Waals surface area contributed by atoms with E-state index in [1.165, 1.54) is 0 Å². The number of para-hydroxylation sites is 1. The van der Waals surface area contributed by atoms with Gasteiger partial charge in [0.1, 0.15) is 0 Å². The van der Waals surface area contributed by atoms with Crippen molar-refractivity contribution in [3.8, 4) is 0 Å². The van der Waals surface area contributed by atoms with E-state index in [-0.39, 0.29) is 11.0 Å². The Morgan fingerprint density at radius 2 is 1.59 bits per heavy atom. The molecule has 0 aliphatic carbocycles. The van der Waals surface area contributed by atoms with Crippen LogP contribution in [0.1, 0.15) is 20.7 Å². The van der Waals surface area contributed by atoms with E-state index in [2.05, 4.69) is 33.2 Å². The summed E-state index contributed by atoms with van der Waals surface area (Å²) in [6, 6.07) is 13.8. The predicted molar refractivity (Wildman–Crippen MR) is 97.8 cm³/mol. The minimum absolute atomic E-state index is 0.0957. The lowest BCUT2D eigenvalue weighted by Gasteiger charge is -2.12. The van der Waals surface area contributed by atoms with Crippen LogP contribution in [-0.2, 0) is 0 Å². The number of hydrogen-bond acceptors (Lipinski definition) is 3. The number of thiocarbonyl (C=S) groups is 1. The molecule has 0 heterocycles. The Kier molecular flexibility index (Phi) is 5.45. The molecule has 0 radical (unpaired) electrons. The van der Waals surface area contributed by atoms with Crippen molar-refractivity contribution < 1.29 is 9.59 Å². The first-order chi connectivity index (χ1) is 10.5. The first-order valence-corrected chi connectivity index (χ1v) is 7.73. The molecule has 0 fully saturated rings. The van der Waals surface area contributed by atoms with Crippen molar-refractivity contribution in [2.45, 2.75) is 0 Å². The minimum Gasteiger partial charge on any atom is -0.366 e. The van der Waals surface area contributed by atoms with E-state index < -0.39 is 5.91 Å². The van der Waals surface area contributed by atoms with Gasteiger partial charge in [0.25, 0.3) is 11.8 Å². The van der Waals surface area contributed by atoms with Gasteiger partial charge in [0.15, 0.2) is 5.11 Å². The van der Waals surface area contributed by atoms with Crippen molar-refractivity contribution in [1.29, 1.82) is 0 Å². The highest BCUT2D eigenvalue weighted by molar-refractivity contribution is 14.1. The average molecular weight is 425 g/mol. The SMILES string of the molecule is NC(=O)c1ccccc1NC(=S)NC(=O)c1ccccc1I. The Bertz CT molecular complexity index is 749. The number of rotatable bonds is 3. The standard InChI is InChI=1S/C15H12IN3O2S/c16-11-7-3-1-5-9(11)14(21)19-15(22)18-12-8-4-2-6-10(12)13(17)20/h1-8H,(H2,17,20)(H2,18,19,21,22). The fourth-order valence-corrected chi connectivity index (χ4v) is 2.61. The molecule has 0 spiro atoms. The Balaban J connectivity index is 2.10. The van der Waals surface area contributed by atoms with Crippen molar-refractivity contribution in [1.82, 2.24) is 5.32 Å². The lowest BCUT2D eigenvalue weighted by molar-refractivity contribution is 0.0974. The Hall–Kier alpha value is -2.00. The topological polar surface area (TPSA) is 84.2 Å². The van der Waals surface area contributed by atoms with Crippen LogP contribution in [0.5, 0.6) is 0 Å². The predicted octanol–water partition coefficient (Wildman–Crippen LogP) is 2.52. The molecule has 2 aromatic rings. The number of anilines is 1. The molecule has 112 valence electrons. The van der Waals surface area contributed by atoms with Crippen molar-refractivity contribution >= 4 is 57.4 Å². The minimum atomic E-state index is -0.574. The number of carbonyl (C=O) groups excluding carboxylic acids is 2. The third kappa shape index (κ3) is 4.01. The highest BCUT2D eigenvalue weighted by Gasteiger charge is 2.13.